The summed E-state index contributed by atoms with van der Waals surface area (Å²) >= 11 is 0. The van der Waals surface area contributed by atoms with E-state index in [0.29, 0.717) is 23.0 Å². The van der Waals surface area contributed by atoms with Gasteiger partial charge in [0.1, 0.15) is 5.75 Å². The summed E-state index contributed by atoms with van der Waals surface area (Å²) in [5, 5.41) is 2.83. The van der Waals surface area contributed by atoms with Crippen molar-refractivity contribution in [2.75, 3.05) is 22.4 Å². The van der Waals surface area contributed by atoms with E-state index < -0.39 is 16.1 Å². The topological polar surface area (TPSA) is 75.7 Å². The van der Waals surface area contributed by atoms with Crippen LogP contribution in [0, 0.1) is 0 Å². The Hall–Kier alpha value is -2.54. The summed E-state index contributed by atoms with van der Waals surface area (Å²) in [5.74, 6) is 0.399. The summed E-state index contributed by atoms with van der Waals surface area (Å²) in [6.07, 6.45) is 0.198. The summed E-state index contributed by atoms with van der Waals surface area (Å²) < 4.78 is 32.1. The van der Waals surface area contributed by atoms with E-state index in [-0.39, 0.29) is 17.9 Å². The molecule has 0 saturated heterocycles. The van der Waals surface area contributed by atoms with Crippen molar-refractivity contribution in [2.24, 2.45) is 0 Å². The number of hydrogen-bond acceptors (Lipinski definition) is 4. The Bertz CT molecular complexity index is 1040. The van der Waals surface area contributed by atoms with Crippen LogP contribution < -0.4 is 14.4 Å². The average molecular weight is 431 g/mol. The van der Waals surface area contributed by atoms with Crippen LogP contribution in [-0.2, 0) is 20.2 Å². The second-order valence-corrected chi connectivity index (χ2v) is 11.0. The lowest BCUT2D eigenvalue weighted by atomic mass is 9.86. The first-order valence-corrected chi connectivity index (χ1v) is 11.9. The van der Waals surface area contributed by atoms with Gasteiger partial charge in [-0.05, 0) is 46.7 Å². The van der Waals surface area contributed by atoms with E-state index in [9.17, 15) is 13.2 Å². The van der Waals surface area contributed by atoms with E-state index >= 15 is 0 Å². The van der Waals surface area contributed by atoms with Gasteiger partial charge < -0.3 is 10.1 Å². The van der Waals surface area contributed by atoms with Crippen molar-refractivity contribution in [3.05, 3.63) is 53.6 Å². The molecular formula is C23H30N2O4S. The second kappa shape index (κ2) is 7.95. The van der Waals surface area contributed by atoms with Gasteiger partial charge in [-0.1, -0.05) is 52.8 Å². The maximum atomic E-state index is 12.8. The van der Waals surface area contributed by atoms with Crippen LogP contribution in [0.15, 0.2) is 42.5 Å². The molecule has 6 nitrogen and oxygen atoms in total. The first-order chi connectivity index (χ1) is 13.9. The Labute approximate surface area is 179 Å². The van der Waals surface area contributed by atoms with E-state index in [2.05, 4.69) is 39.9 Å². The van der Waals surface area contributed by atoms with Gasteiger partial charge in [-0.25, -0.2) is 8.42 Å². The minimum atomic E-state index is -3.58. The third-order valence-electron chi connectivity index (χ3n) is 5.23. The molecular weight excluding hydrogens is 400 g/mol. The molecule has 0 bridgehead atoms. The largest absolute Gasteiger partial charge is 0.476 e. The zero-order valence-corrected chi connectivity index (χ0v) is 19.2. The van der Waals surface area contributed by atoms with Crippen molar-refractivity contribution < 1.29 is 17.9 Å². The molecule has 1 atom stereocenters. The number of hydrogen-bond donors (Lipinski definition) is 1. The van der Waals surface area contributed by atoms with Crippen molar-refractivity contribution in [3.8, 4) is 5.75 Å². The predicted octanol–water partition coefficient (Wildman–Crippen LogP) is 4.27. The summed E-state index contributed by atoms with van der Waals surface area (Å²) in [4.78, 5) is 12.8. The zero-order valence-electron chi connectivity index (χ0n) is 18.4. The molecule has 1 N–H and O–H groups in total. The maximum Gasteiger partial charge on any atom is 0.267 e. The van der Waals surface area contributed by atoms with Crippen molar-refractivity contribution in [2.45, 2.75) is 52.1 Å². The summed E-state index contributed by atoms with van der Waals surface area (Å²) in [6.45, 7) is 10.3. The number of nitrogens with one attached hydrogen (secondary N) is 1. The Morgan fingerprint density at radius 3 is 2.30 bits per heavy atom. The lowest BCUT2D eigenvalue weighted by molar-refractivity contribution is -0.122. The van der Waals surface area contributed by atoms with Gasteiger partial charge in [-0.3, -0.25) is 9.10 Å². The fraction of sp³-hybridized carbons (Fsp3) is 0.435. The highest BCUT2D eigenvalue weighted by atomic mass is 32.2. The number of sulfonamides is 1. The van der Waals surface area contributed by atoms with E-state index in [1.807, 2.05) is 36.4 Å². The van der Waals surface area contributed by atoms with E-state index in [0.717, 1.165) is 11.8 Å². The summed E-state index contributed by atoms with van der Waals surface area (Å²) in [5.41, 5.74) is 3.14. The van der Waals surface area contributed by atoms with Crippen molar-refractivity contribution in [1.82, 2.24) is 0 Å². The Morgan fingerprint density at radius 1 is 1.13 bits per heavy atom. The lowest BCUT2D eigenvalue weighted by Gasteiger charge is -2.35. The number of nitrogens with zero attached hydrogens (tertiary/aromatic N) is 1. The highest BCUT2D eigenvalue weighted by Gasteiger charge is 2.35. The number of carbonyl (C=O) groups excluding carboxylic acids is 1. The van der Waals surface area contributed by atoms with Crippen molar-refractivity contribution >= 4 is 27.3 Å². The van der Waals surface area contributed by atoms with E-state index in [4.69, 9.17) is 4.74 Å². The normalized spacial score (nSPS) is 16.8. The smallest absolute Gasteiger partial charge is 0.267 e. The van der Waals surface area contributed by atoms with Crippen molar-refractivity contribution in [3.63, 3.8) is 0 Å². The summed E-state index contributed by atoms with van der Waals surface area (Å²) in [7, 11) is -3.58. The number of anilines is 2. The standard InChI is InChI=1S/C23H30N2O4S/c1-15(2)16-7-10-18(11-8-16)24-22(26)21-14-25(30(6,27)28)19-13-17(23(3,4)5)9-12-20(19)29-21/h7-13,15,21H,14H2,1-6H3,(H,24,26). The molecule has 3 rings (SSSR count). The number of benzene rings is 2. The van der Waals surface area contributed by atoms with Crippen LogP contribution in [0.5, 0.6) is 5.75 Å². The molecule has 1 aliphatic heterocycles. The minimum Gasteiger partial charge on any atom is -0.476 e. The fourth-order valence-electron chi connectivity index (χ4n) is 3.34. The lowest BCUT2D eigenvalue weighted by Crippen LogP contribution is -2.48. The van der Waals surface area contributed by atoms with Gasteiger partial charge in [0.15, 0.2) is 6.10 Å². The minimum absolute atomic E-state index is 0.0741. The average Bonchev–Trinajstić information content (AvgIpc) is 2.65. The molecule has 1 heterocycles. The van der Waals surface area contributed by atoms with Gasteiger partial charge in [-0.2, -0.15) is 0 Å². The molecule has 2 aromatic carbocycles. The molecule has 0 spiro atoms. The molecule has 2 aromatic rings. The molecule has 0 radical (unpaired) electrons. The predicted molar refractivity (Wildman–Crippen MR) is 121 cm³/mol. The SMILES string of the molecule is CC(C)c1ccc(NC(=O)C2CN(S(C)(=O)=O)c3cc(C(C)(C)C)ccc3O2)cc1. The maximum absolute atomic E-state index is 12.8. The number of ether oxygens (including phenoxy) is 1. The van der Waals surface area contributed by atoms with Crippen LogP contribution in [0.3, 0.4) is 0 Å². The Morgan fingerprint density at radius 2 is 1.77 bits per heavy atom. The molecule has 30 heavy (non-hydrogen) atoms. The third kappa shape index (κ3) is 4.78. The van der Waals surface area contributed by atoms with Crippen LogP contribution in [0.1, 0.15) is 51.7 Å². The van der Waals surface area contributed by atoms with Crippen LogP contribution in [0.4, 0.5) is 11.4 Å². The number of carbonyl (C=O) groups is 1. The van der Waals surface area contributed by atoms with Crippen LogP contribution >= 0.6 is 0 Å². The van der Waals surface area contributed by atoms with Gasteiger partial charge in [-0.15, -0.1) is 0 Å². The van der Waals surface area contributed by atoms with Gasteiger partial charge in [0.2, 0.25) is 10.0 Å². The molecule has 0 aromatic heterocycles. The summed E-state index contributed by atoms with van der Waals surface area (Å²) in [6, 6.07) is 13.1. The number of amides is 1. The number of fused-ring (bicyclic) bond motifs is 1. The second-order valence-electron chi connectivity index (χ2n) is 9.10. The first kappa shape index (κ1) is 22.2. The molecule has 7 heteroatoms. The van der Waals surface area contributed by atoms with Crippen LogP contribution in [-0.4, -0.2) is 33.2 Å². The molecule has 0 aliphatic carbocycles. The monoisotopic (exact) mass is 430 g/mol. The molecule has 1 amide bonds. The Balaban J connectivity index is 1.87. The van der Waals surface area contributed by atoms with Crippen LogP contribution in [0.25, 0.3) is 0 Å². The fourth-order valence-corrected chi connectivity index (χ4v) is 4.25. The first-order valence-electron chi connectivity index (χ1n) is 10.1. The van der Waals surface area contributed by atoms with Gasteiger partial charge >= 0.3 is 0 Å². The number of rotatable bonds is 4. The zero-order chi connectivity index (χ0) is 22.3. The van der Waals surface area contributed by atoms with Gasteiger partial charge in [0, 0.05) is 5.69 Å². The molecule has 1 unspecified atom stereocenters. The van der Waals surface area contributed by atoms with E-state index in [1.165, 1.54) is 9.87 Å². The molecule has 0 saturated carbocycles. The highest BCUT2D eigenvalue weighted by Crippen LogP contribution is 2.38. The molecule has 162 valence electrons. The van der Waals surface area contributed by atoms with Gasteiger partial charge in [0.25, 0.3) is 5.91 Å². The van der Waals surface area contributed by atoms with Crippen molar-refractivity contribution in [1.29, 1.82) is 0 Å². The molecule has 1 aliphatic rings. The molecule has 0 fully saturated rings. The van der Waals surface area contributed by atoms with Crippen LogP contribution in [0.2, 0.25) is 0 Å². The third-order valence-corrected chi connectivity index (χ3v) is 6.38. The quantitative estimate of drug-likeness (QED) is 0.786. The van der Waals surface area contributed by atoms with Gasteiger partial charge in [0.05, 0.1) is 18.5 Å². The Kier molecular flexibility index (Phi) is 5.87. The van der Waals surface area contributed by atoms with E-state index in [1.54, 1.807) is 6.07 Å². The highest BCUT2D eigenvalue weighted by molar-refractivity contribution is 7.92.